The fourth-order valence-electron chi connectivity index (χ4n) is 2.70. The minimum atomic E-state index is 0.569. The number of aromatic nitrogens is 4. The number of H-pyrrole nitrogens is 1. The number of nitriles is 1. The van der Waals surface area contributed by atoms with E-state index in [1.165, 1.54) is 17.3 Å². The lowest BCUT2D eigenvalue weighted by molar-refractivity contribution is 1.09. The number of imidazole rings is 1. The largest absolute Gasteiger partial charge is 0.341 e. The molecule has 0 aliphatic heterocycles. The molecule has 0 amide bonds. The molecule has 0 unspecified atom stereocenters. The van der Waals surface area contributed by atoms with Crippen LogP contribution in [0, 0.1) is 18.3 Å². The zero-order valence-electron chi connectivity index (χ0n) is 14.1. The Bertz CT molecular complexity index is 1110. The van der Waals surface area contributed by atoms with Crippen molar-refractivity contribution in [3.8, 4) is 17.3 Å². The Morgan fingerprint density at radius 3 is 2.73 bits per heavy atom. The van der Waals surface area contributed by atoms with E-state index >= 15 is 0 Å². The van der Waals surface area contributed by atoms with E-state index in [1.54, 1.807) is 12.4 Å². The minimum Gasteiger partial charge on any atom is -0.341 e. The monoisotopic (exact) mass is 357 g/mol. The molecule has 5 nitrogen and oxygen atoms in total. The van der Waals surface area contributed by atoms with Gasteiger partial charge >= 0.3 is 0 Å². The Hall–Kier alpha value is -3.17. The fraction of sp³-hybridized carbons (Fsp3) is 0.100. The van der Waals surface area contributed by atoms with Gasteiger partial charge in [0.2, 0.25) is 0 Å². The van der Waals surface area contributed by atoms with Crippen molar-refractivity contribution in [2.75, 3.05) is 0 Å². The number of thioether (sulfide) groups is 1. The highest BCUT2D eigenvalue weighted by molar-refractivity contribution is 7.98. The smallest absolute Gasteiger partial charge is 0.117 e. The fourth-order valence-corrected chi connectivity index (χ4v) is 3.54. The summed E-state index contributed by atoms with van der Waals surface area (Å²) in [5.74, 6) is 1.49. The van der Waals surface area contributed by atoms with Gasteiger partial charge < -0.3 is 4.98 Å². The number of benzene rings is 1. The van der Waals surface area contributed by atoms with Crippen molar-refractivity contribution >= 4 is 22.8 Å². The van der Waals surface area contributed by atoms with Gasteiger partial charge in [0.15, 0.2) is 0 Å². The van der Waals surface area contributed by atoms with E-state index in [1.807, 2.05) is 36.4 Å². The topological polar surface area (TPSA) is 78.2 Å². The molecule has 3 aromatic heterocycles. The van der Waals surface area contributed by atoms with E-state index < -0.39 is 0 Å². The van der Waals surface area contributed by atoms with Crippen LogP contribution in [0.4, 0.5) is 0 Å². The molecule has 126 valence electrons. The highest BCUT2D eigenvalue weighted by Gasteiger charge is 2.10. The van der Waals surface area contributed by atoms with Gasteiger partial charge in [0.1, 0.15) is 16.9 Å². The van der Waals surface area contributed by atoms with Crippen molar-refractivity contribution < 1.29 is 0 Å². The second-order valence-corrected chi connectivity index (χ2v) is 6.85. The van der Waals surface area contributed by atoms with Gasteiger partial charge in [-0.25, -0.2) is 9.97 Å². The van der Waals surface area contributed by atoms with Gasteiger partial charge in [0.05, 0.1) is 28.0 Å². The van der Waals surface area contributed by atoms with Crippen LogP contribution in [0.3, 0.4) is 0 Å². The van der Waals surface area contributed by atoms with Crippen LogP contribution in [0.25, 0.3) is 22.3 Å². The first-order valence-electron chi connectivity index (χ1n) is 8.12. The number of nitrogens with zero attached hydrogens (tertiary/aromatic N) is 4. The Labute approximate surface area is 155 Å². The molecule has 0 aliphatic carbocycles. The Kier molecular flexibility index (Phi) is 4.38. The van der Waals surface area contributed by atoms with Crippen LogP contribution in [0.1, 0.15) is 17.0 Å². The lowest BCUT2D eigenvalue weighted by Crippen LogP contribution is -1.92. The maximum Gasteiger partial charge on any atom is 0.117 e. The number of nitrogens with one attached hydrogen (secondary N) is 1. The van der Waals surface area contributed by atoms with Gasteiger partial charge in [-0.1, -0.05) is 17.8 Å². The van der Waals surface area contributed by atoms with Gasteiger partial charge in [-0.05, 0) is 48.9 Å². The molecule has 3 heterocycles. The maximum atomic E-state index is 9.39. The molecule has 0 atom stereocenters. The van der Waals surface area contributed by atoms with Gasteiger partial charge in [-0.2, -0.15) is 5.26 Å². The van der Waals surface area contributed by atoms with Crippen LogP contribution in [0.5, 0.6) is 0 Å². The van der Waals surface area contributed by atoms with Crippen LogP contribution < -0.4 is 0 Å². The van der Waals surface area contributed by atoms with Crippen molar-refractivity contribution in [1.29, 1.82) is 5.26 Å². The van der Waals surface area contributed by atoms with Crippen LogP contribution in [-0.4, -0.2) is 19.9 Å². The summed E-state index contributed by atoms with van der Waals surface area (Å²) in [6.07, 6.45) is 3.47. The van der Waals surface area contributed by atoms with E-state index in [-0.39, 0.29) is 0 Å². The number of aromatic amines is 1. The quantitative estimate of drug-likeness (QED) is 0.544. The molecule has 1 aromatic carbocycles. The highest BCUT2D eigenvalue weighted by atomic mass is 32.2. The molecule has 0 saturated carbocycles. The summed E-state index contributed by atoms with van der Waals surface area (Å²) in [6.45, 7) is 2.06. The van der Waals surface area contributed by atoms with E-state index in [4.69, 9.17) is 0 Å². The van der Waals surface area contributed by atoms with E-state index in [0.717, 1.165) is 28.1 Å². The average Bonchev–Trinajstić information content (AvgIpc) is 3.08. The van der Waals surface area contributed by atoms with Crippen LogP contribution in [0.15, 0.2) is 59.9 Å². The number of pyridine rings is 2. The Morgan fingerprint density at radius 2 is 1.92 bits per heavy atom. The summed E-state index contributed by atoms with van der Waals surface area (Å²) >= 11 is 1.51. The number of hydrogen-bond donors (Lipinski definition) is 1. The molecule has 0 bridgehead atoms. The average molecular weight is 357 g/mol. The third-order valence-electron chi connectivity index (χ3n) is 3.99. The summed E-state index contributed by atoms with van der Waals surface area (Å²) in [5.41, 5.74) is 5.54. The lowest BCUT2D eigenvalue weighted by Gasteiger charge is -2.06. The van der Waals surface area contributed by atoms with Crippen molar-refractivity contribution in [3.63, 3.8) is 0 Å². The third kappa shape index (κ3) is 3.30. The zero-order chi connectivity index (χ0) is 17.9. The number of rotatable bonds is 4. The normalized spacial score (nSPS) is 10.8. The van der Waals surface area contributed by atoms with Gasteiger partial charge in [-0.15, -0.1) is 0 Å². The molecule has 0 aliphatic rings. The predicted molar refractivity (Wildman–Crippen MR) is 103 cm³/mol. The molecule has 1 N–H and O–H groups in total. The van der Waals surface area contributed by atoms with Gasteiger partial charge in [0, 0.05) is 18.0 Å². The first-order valence-corrected chi connectivity index (χ1v) is 9.11. The number of hydrogen-bond acceptors (Lipinski definition) is 5. The summed E-state index contributed by atoms with van der Waals surface area (Å²) in [6, 6.07) is 15.9. The third-order valence-corrected chi connectivity index (χ3v) is 4.99. The predicted octanol–water partition coefficient (Wildman–Crippen LogP) is 4.49. The number of fused-ring (bicyclic) bond motifs is 1. The lowest BCUT2D eigenvalue weighted by atomic mass is 10.1. The van der Waals surface area contributed by atoms with Crippen molar-refractivity contribution in [1.82, 2.24) is 19.9 Å². The van der Waals surface area contributed by atoms with Crippen LogP contribution in [0.2, 0.25) is 0 Å². The Balaban J connectivity index is 1.61. The van der Waals surface area contributed by atoms with Crippen LogP contribution >= 0.6 is 11.8 Å². The van der Waals surface area contributed by atoms with Crippen LogP contribution in [-0.2, 0) is 5.75 Å². The molecule has 4 aromatic rings. The maximum absolute atomic E-state index is 9.39. The first-order chi connectivity index (χ1) is 12.7. The molecular weight excluding hydrogens is 342 g/mol. The molecule has 0 saturated heterocycles. The van der Waals surface area contributed by atoms with E-state index in [9.17, 15) is 5.26 Å². The molecule has 0 spiro atoms. The minimum absolute atomic E-state index is 0.569. The molecule has 0 fully saturated rings. The molecule has 6 heteroatoms. The summed E-state index contributed by atoms with van der Waals surface area (Å²) in [5, 5.41) is 10.1. The highest BCUT2D eigenvalue weighted by Crippen LogP contribution is 2.27. The second kappa shape index (κ2) is 6.98. The van der Waals surface area contributed by atoms with Crippen molar-refractivity contribution in [2.24, 2.45) is 0 Å². The first kappa shape index (κ1) is 16.3. The summed E-state index contributed by atoms with van der Waals surface area (Å²) in [4.78, 5) is 16.6. The van der Waals surface area contributed by atoms with Gasteiger partial charge in [-0.3, -0.25) is 4.98 Å². The van der Waals surface area contributed by atoms with E-state index in [0.29, 0.717) is 16.3 Å². The van der Waals surface area contributed by atoms with Crippen molar-refractivity contribution in [2.45, 2.75) is 17.7 Å². The standard InChI is InChI=1S/C20H15N5S/c1-13-2-4-17-18(10-13)24-19(23-17)12-26-20-15(11-21)3-5-16(25-20)14-6-8-22-9-7-14/h2-10H,12H2,1H3,(H,23,24). The Morgan fingerprint density at radius 1 is 1.08 bits per heavy atom. The molecule has 26 heavy (non-hydrogen) atoms. The molecular formula is C20H15N5S. The van der Waals surface area contributed by atoms with Crippen molar-refractivity contribution in [3.05, 3.63) is 71.8 Å². The molecule has 4 rings (SSSR count). The summed E-state index contributed by atoms with van der Waals surface area (Å²) < 4.78 is 0. The molecule has 0 radical (unpaired) electrons. The second-order valence-electron chi connectivity index (χ2n) is 5.89. The van der Waals surface area contributed by atoms with Gasteiger partial charge in [0.25, 0.3) is 0 Å². The van der Waals surface area contributed by atoms with E-state index in [2.05, 4.69) is 39.0 Å². The summed E-state index contributed by atoms with van der Waals surface area (Å²) in [7, 11) is 0. The zero-order valence-corrected chi connectivity index (χ0v) is 14.9. The SMILES string of the molecule is Cc1ccc2nc(CSc3nc(-c4ccncc4)ccc3C#N)[nH]c2c1. The number of aryl methyl sites for hydroxylation is 1.